The van der Waals surface area contributed by atoms with Crippen LogP contribution in [0.25, 0.3) is 0 Å². The van der Waals surface area contributed by atoms with Crippen LogP contribution in [0.5, 0.6) is 0 Å². The lowest BCUT2D eigenvalue weighted by Crippen LogP contribution is -2.41. The van der Waals surface area contributed by atoms with Gasteiger partial charge in [0, 0.05) is 25.0 Å². The number of aromatic amines is 1. The van der Waals surface area contributed by atoms with Gasteiger partial charge < -0.3 is 10.2 Å². The van der Waals surface area contributed by atoms with Crippen LogP contribution in [0.4, 0.5) is 0 Å². The summed E-state index contributed by atoms with van der Waals surface area (Å²) in [6, 6.07) is 0.283. The van der Waals surface area contributed by atoms with Crippen LogP contribution in [0, 0.1) is 0 Å². The molecule has 2 N–H and O–H groups in total. The second kappa shape index (κ2) is 4.68. The molecule has 1 saturated carbocycles. The number of likely N-dealkylation sites (N-methyl/N-ethyl adjacent to an activating group) is 1. The summed E-state index contributed by atoms with van der Waals surface area (Å²) in [5.41, 5.74) is 0. The van der Waals surface area contributed by atoms with E-state index < -0.39 is 0 Å². The molecule has 3 rings (SSSR count). The molecule has 1 aromatic rings. The number of nitrogens with zero attached hydrogens (tertiary/aromatic N) is 3. The van der Waals surface area contributed by atoms with Crippen molar-refractivity contribution in [2.24, 2.45) is 0 Å². The van der Waals surface area contributed by atoms with Crippen molar-refractivity contribution in [3.63, 3.8) is 0 Å². The molecule has 2 aliphatic rings. The molecule has 0 spiro atoms. The summed E-state index contributed by atoms with van der Waals surface area (Å²) in [6.45, 7) is 4.57. The van der Waals surface area contributed by atoms with E-state index in [0.29, 0.717) is 18.3 Å². The Morgan fingerprint density at radius 3 is 2.89 bits per heavy atom. The van der Waals surface area contributed by atoms with E-state index in [4.69, 9.17) is 0 Å². The second-order valence-corrected chi connectivity index (χ2v) is 5.06. The molecule has 2 heterocycles. The van der Waals surface area contributed by atoms with Gasteiger partial charge in [0.2, 0.25) is 5.82 Å². The molecule has 18 heavy (non-hydrogen) atoms. The van der Waals surface area contributed by atoms with Crippen molar-refractivity contribution >= 4 is 5.91 Å². The number of H-pyrrole nitrogens is 1. The quantitative estimate of drug-likeness (QED) is 0.815. The zero-order valence-electron chi connectivity index (χ0n) is 10.6. The molecule has 98 valence electrons. The third-order valence-corrected chi connectivity index (χ3v) is 3.73. The second-order valence-electron chi connectivity index (χ2n) is 5.06. The van der Waals surface area contributed by atoms with E-state index in [-0.39, 0.29) is 11.9 Å². The lowest BCUT2D eigenvalue weighted by molar-refractivity contribution is 0.0691. The van der Waals surface area contributed by atoms with E-state index in [0.717, 1.165) is 38.2 Å². The highest BCUT2D eigenvalue weighted by molar-refractivity contribution is 5.90. The molecule has 1 aromatic heterocycles. The molecule has 1 amide bonds. The standard InChI is InChI=1S/C12H19N5O/c1-2-17(9-5-6-13-7-9)12(18)11-14-10(15-16-11)8-3-4-8/h8-9,13H,2-7H2,1H3,(H,14,15,16). The first-order chi connectivity index (χ1) is 8.79. The molecule has 1 unspecified atom stereocenters. The van der Waals surface area contributed by atoms with Crippen molar-refractivity contribution in [1.82, 2.24) is 25.4 Å². The van der Waals surface area contributed by atoms with Gasteiger partial charge in [-0.1, -0.05) is 0 Å². The monoisotopic (exact) mass is 249 g/mol. The number of carbonyl (C=O) groups excluding carboxylic acids is 1. The van der Waals surface area contributed by atoms with Gasteiger partial charge in [0.15, 0.2) is 0 Å². The number of hydrogen-bond acceptors (Lipinski definition) is 4. The lowest BCUT2D eigenvalue weighted by Gasteiger charge is -2.25. The van der Waals surface area contributed by atoms with E-state index in [1.165, 1.54) is 0 Å². The van der Waals surface area contributed by atoms with Gasteiger partial charge in [0.25, 0.3) is 5.91 Å². The topological polar surface area (TPSA) is 73.9 Å². The highest BCUT2D eigenvalue weighted by Crippen LogP contribution is 2.37. The van der Waals surface area contributed by atoms with Crippen molar-refractivity contribution in [1.29, 1.82) is 0 Å². The summed E-state index contributed by atoms with van der Waals surface area (Å²) >= 11 is 0. The number of nitrogens with one attached hydrogen (secondary N) is 2. The van der Waals surface area contributed by atoms with Gasteiger partial charge in [0.05, 0.1) is 0 Å². The molecule has 6 heteroatoms. The molecule has 1 aliphatic carbocycles. The highest BCUT2D eigenvalue weighted by atomic mass is 16.2. The first-order valence-electron chi connectivity index (χ1n) is 6.73. The van der Waals surface area contributed by atoms with Gasteiger partial charge in [-0.05, 0) is 32.7 Å². The molecule has 0 radical (unpaired) electrons. The first kappa shape index (κ1) is 11.6. The molecular weight excluding hydrogens is 230 g/mol. The maximum absolute atomic E-state index is 12.4. The summed E-state index contributed by atoms with van der Waals surface area (Å²) in [5.74, 6) is 1.65. The third-order valence-electron chi connectivity index (χ3n) is 3.73. The van der Waals surface area contributed by atoms with E-state index in [2.05, 4.69) is 20.5 Å². The van der Waals surface area contributed by atoms with Crippen molar-refractivity contribution in [3.05, 3.63) is 11.6 Å². The van der Waals surface area contributed by atoms with Crippen LogP contribution in [0.15, 0.2) is 0 Å². The van der Waals surface area contributed by atoms with Crippen molar-refractivity contribution in [2.75, 3.05) is 19.6 Å². The van der Waals surface area contributed by atoms with Crippen LogP contribution in [0.1, 0.15) is 48.5 Å². The van der Waals surface area contributed by atoms with Crippen LogP contribution in [-0.2, 0) is 0 Å². The zero-order valence-corrected chi connectivity index (χ0v) is 10.6. The number of aromatic nitrogens is 3. The molecule has 1 aliphatic heterocycles. The van der Waals surface area contributed by atoms with E-state index in [9.17, 15) is 4.79 Å². The minimum atomic E-state index is -0.0469. The summed E-state index contributed by atoms with van der Waals surface area (Å²) in [5, 5.41) is 10.2. The van der Waals surface area contributed by atoms with E-state index >= 15 is 0 Å². The summed E-state index contributed by atoms with van der Waals surface area (Å²) < 4.78 is 0. The molecule has 0 aromatic carbocycles. The molecule has 6 nitrogen and oxygen atoms in total. The Morgan fingerprint density at radius 1 is 1.44 bits per heavy atom. The van der Waals surface area contributed by atoms with Crippen LogP contribution >= 0.6 is 0 Å². The molecule has 1 atom stereocenters. The Hall–Kier alpha value is -1.43. The fraction of sp³-hybridized carbons (Fsp3) is 0.750. The fourth-order valence-electron chi connectivity index (χ4n) is 2.51. The van der Waals surface area contributed by atoms with Crippen molar-refractivity contribution in [3.8, 4) is 0 Å². The van der Waals surface area contributed by atoms with Gasteiger partial charge in [-0.25, -0.2) is 4.98 Å². The minimum Gasteiger partial charge on any atom is -0.332 e. The lowest BCUT2D eigenvalue weighted by atomic mass is 10.2. The average Bonchev–Trinajstić information content (AvgIpc) is 2.92. The molecule has 1 saturated heterocycles. The van der Waals surface area contributed by atoms with Crippen molar-refractivity contribution in [2.45, 2.75) is 38.1 Å². The largest absolute Gasteiger partial charge is 0.332 e. The summed E-state index contributed by atoms with van der Waals surface area (Å²) in [7, 11) is 0. The van der Waals surface area contributed by atoms with Crippen LogP contribution < -0.4 is 5.32 Å². The Bertz CT molecular complexity index is 433. The van der Waals surface area contributed by atoms with Gasteiger partial charge in [-0.15, -0.1) is 5.10 Å². The van der Waals surface area contributed by atoms with E-state index in [1.807, 2.05) is 11.8 Å². The highest BCUT2D eigenvalue weighted by Gasteiger charge is 2.31. The minimum absolute atomic E-state index is 0.0469. The Balaban J connectivity index is 1.73. The average molecular weight is 249 g/mol. The maximum atomic E-state index is 12.4. The Morgan fingerprint density at radius 2 is 2.28 bits per heavy atom. The van der Waals surface area contributed by atoms with Crippen molar-refractivity contribution < 1.29 is 4.79 Å². The number of carbonyl (C=O) groups is 1. The van der Waals surface area contributed by atoms with E-state index in [1.54, 1.807) is 0 Å². The first-order valence-corrected chi connectivity index (χ1v) is 6.73. The molecular formula is C12H19N5O. The third kappa shape index (κ3) is 2.12. The predicted octanol–water partition coefficient (Wildman–Crippen LogP) is 0.506. The van der Waals surface area contributed by atoms with Crippen LogP contribution in [0.2, 0.25) is 0 Å². The molecule has 0 bridgehead atoms. The molecule has 2 fully saturated rings. The normalized spacial score (nSPS) is 23.3. The summed E-state index contributed by atoms with van der Waals surface area (Å²) in [6.07, 6.45) is 3.33. The fourth-order valence-corrected chi connectivity index (χ4v) is 2.51. The van der Waals surface area contributed by atoms with Crippen LogP contribution in [-0.4, -0.2) is 51.7 Å². The smallest absolute Gasteiger partial charge is 0.293 e. The maximum Gasteiger partial charge on any atom is 0.293 e. The van der Waals surface area contributed by atoms with Gasteiger partial charge in [-0.2, -0.15) is 0 Å². The number of hydrogen-bond donors (Lipinski definition) is 2. The Kier molecular flexibility index (Phi) is 3.03. The SMILES string of the molecule is CCN(C(=O)c1n[nH]c(C2CC2)n1)C1CCNC1. The predicted molar refractivity (Wildman–Crippen MR) is 66.3 cm³/mol. The summed E-state index contributed by atoms with van der Waals surface area (Å²) in [4.78, 5) is 18.6. The van der Waals surface area contributed by atoms with Crippen LogP contribution in [0.3, 0.4) is 0 Å². The zero-order chi connectivity index (χ0) is 12.5. The Labute approximate surface area is 106 Å². The van der Waals surface area contributed by atoms with Gasteiger partial charge in [0.1, 0.15) is 5.82 Å². The number of amides is 1. The van der Waals surface area contributed by atoms with Gasteiger partial charge in [-0.3, -0.25) is 9.89 Å². The van der Waals surface area contributed by atoms with Gasteiger partial charge >= 0.3 is 0 Å². The number of rotatable bonds is 4.